The molecule has 0 aliphatic rings. The molecule has 2 N–H and O–H groups in total. The fourth-order valence-electron chi connectivity index (χ4n) is 1.85. The normalized spacial score (nSPS) is 10.4. The van der Waals surface area contributed by atoms with Gasteiger partial charge in [-0.05, 0) is 38.0 Å². The minimum Gasteiger partial charge on any atom is -0.370 e. The van der Waals surface area contributed by atoms with Gasteiger partial charge in [-0.3, -0.25) is 0 Å². The molecule has 0 saturated heterocycles. The second-order valence-electron chi connectivity index (χ2n) is 4.72. The van der Waals surface area contributed by atoms with Gasteiger partial charge in [0.15, 0.2) is 0 Å². The molecular weight excluding hydrogens is 272 g/mol. The van der Waals surface area contributed by atoms with E-state index in [2.05, 4.69) is 27.5 Å². The summed E-state index contributed by atoms with van der Waals surface area (Å²) >= 11 is 6.19. The molecule has 0 atom stereocenters. The van der Waals surface area contributed by atoms with Crippen LogP contribution in [0.1, 0.15) is 24.7 Å². The number of nitrogens with zero attached hydrogens (tertiary/aromatic N) is 2. The molecule has 0 radical (unpaired) electrons. The van der Waals surface area contributed by atoms with Crippen molar-refractivity contribution < 1.29 is 0 Å². The Bertz CT molecular complexity index is 598. The third kappa shape index (κ3) is 3.84. The molecule has 1 aromatic carbocycles. The van der Waals surface area contributed by atoms with Crippen LogP contribution in [0.5, 0.6) is 0 Å². The first-order valence-corrected chi connectivity index (χ1v) is 7.09. The molecule has 0 unspecified atom stereocenters. The van der Waals surface area contributed by atoms with Crippen LogP contribution < -0.4 is 10.6 Å². The minimum atomic E-state index is 0.676. The zero-order valence-corrected chi connectivity index (χ0v) is 12.8. The van der Waals surface area contributed by atoms with Gasteiger partial charge >= 0.3 is 0 Å². The monoisotopic (exact) mass is 290 g/mol. The zero-order chi connectivity index (χ0) is 14.5. The molecule has 0 spiro atoms. The second kappa shape index (κ2) is 6.57. The van der Waals surface area contributed by atoms with Gasteiger partial charge in [0.25, 0.3) is 0 Å². The molecule has 2 aromatic rings. The summed E-state index contributed by atoms with van der Waals surface area (Å²) in [7, 11) is 0. The lowest BCUT2D eigenvalue weighted by Crippen LogP contribution is -2.05. The molecule has 0 aliphatic heterocycles. The molecule has 0 amide bonds. The largest absolute Gasteiger partial charge is 0.370 e. The molecule has 1 aromatic heterocycles. The van der Waals surface area contributed by atoms with E-state index in [1.807, 2.05) is 38.1 Å². The predicted octanol–water partition coefficient (Wildman–Crippen LogP) is 4.31. The van der Waals surface area contributed by atoms with Gasteiger partial charge < -0.3 is 10.6 Å². The van der Waals surface area contributed by atoms with Crippen molar-refractivity contribution in [1.82, 2.24) is 9.97 Å². The number of rotatable bonds is 5. The standard InChI is InChI=1S/C15H19ClN4/c1-4-7-17-14-9-15(19-11(3)18-14)20-13-8-10(2)5-6-12(13)16/h5-6,8-9H,4,7H2,1-3H3,(H2,17,18,19,20). The maximum Gasteiger partial charge on any atom is 0.136 e. The highest BCUT2D eigenvalue weighted by atomic mass is 35.5. The van der Waals surface area contributed by atoms with E-state index in [4.69, 9.17) is 11.6 Å². The van der Waals surface area contributed by atoms with Crippen molar-refractivity contribution >= 4 is 28.9 Å². The minimum absolute atomic E-state index is 0.676. The molecule has 0 saturated carbocycles. The molecule has 0 fully saturated rings. The number of nitrogens with one attached hydrogen (secondary N) is 2. The van der Waals surface area contributed by atoms with Gasteiger partial charge in [0, 0.05) is 12.6 Å². The van der Waals surface area contributed by atoms with Gasteiger partial charge in [0.1, 0.15) is 17.5 Å². The van der Waals surface area contributed by atoms with E-state index in [0.29, 0.717) is 5.02 Å². The summed E-state index contributed by atoms with van der Waals surface area (Å²) in [4.78, 5) is 8.74. The van der Waals surface area contributed by atoms with Gasteiger partial charge in [-0.2, -0.15) is 0 Å². The third-order valence-electron chi connectivity index (χ3n) is 2.78. The molecule has 2 rings (SSSR count). The van der Waals surface area contributed by atoms with Crippen LogP contribution in [-0.2, 0) is 0 Å². The first-order valence-electron chi connectivity index (χ1n) is 6.71. The second-order valence-corrected chi connectivity index (χ2v) is 5.13. The molecule has 106 valence electrons. The van der Waals surface area contributed by atoms with Crippen molar-refractivity contribution in [3.8, 4) is 0 Å². The van der Waals surface area contributed by atoms with E-state index < -0.39 is 0 Å². The van der Waals surface area contributed by atoms with Crippen LogP contribution in [0.25, 0.3) is 0 Å². The van der Waals surface area contributed by atoms with Crippen molar-refractivity contribution in [2.75, 3.05) is 17.2 Å². The van der Waals surface area contributed by atoms with E-state index in [0.717, 1.165) is 41.7 Å². The number of hydrogen-bond donors (Lipinski definition) is 2. The lowest BCUT2D eigenvalue weighted by atomic mass is 10.2. The lowest BCUT2D eigenvalue weighted by Gasteiger charge is -2.11. The summed E-state index contributed by atoms with van der Waals surface area (Å²) in [6.07, 6.45) is 1.05. The summed E-state index contributed by atoms with van der Waals surface area (Å²) < 4.78 is 0. The first-order chi connectivity index (χ1) is 9.58. The molecule has 1 heterocycles. The Morgan fingerprint density at radius 3 is 2.60 bits per heavy atom. The van der Waals surface area contributed by atoms with E-state index in [1.54, 1.807) is 0 Å². The summed E-state index contributed by atoms with van der Waals surface area (Å²) in [6, 6.07) is 7.75. The number of halogens is 1. The third-order valence-corrected chi connectivity index (χ3v) is 3.11. The fourth-order valence-corrected chi connectivity index (χ4v) is 2.01. The van der Waals surface area contributed by atoms with Crippen molar-refractivity contribution in [3.05, 3.63) is 40.7 Å². The van der Waals surface area contributed by atoms with E-state index >= 15 is 0 Å². The zero-order valence-electron chi connectivity index (χ0n) is 12.0. The van der Waals surface area contributed by atoms with Crippen molar-refractivity contribution in [2.45, 2.75) is 27.2 Å². The molecule has 0 bridgehead atoms. The fraction of sp³-hybridized carbons (Fsp3) is 0.333. The highest BCUT2D eigenvalue weighted by Crippen LogP contribution is 2.26. The SMILES string of the molecule is CCCNc1cc(Nc2cc(C)ccc2Cl)nc(C)n1. The lowest BCUT2D eigenvalue weighted by molar-refractivity contribution is 0.955. The molecule has 20 heavy (non-hydrogen) atoms. The Balaban J connectivity index is 2.24. The summed E-state index contributed by atoms with van der Waals surface area (Å²) in [5, 5.41) is 7.19. The predicted molar refractivity (Wildman–Crippen MR) is 85.0 cm³/mol. The average molecular weight is 291 g/mol. The van der Waals surface area contributed by atoms with Crippen molar-refractivity contribution in [1.29, 1.82) is 0 Å². The Kier molecular flexibility index (Phi) is 4.79. The Hall–Kier alpha value is -1.81. The van der Waals surface area contributed by atoms with Crippen LogP contribution >= 0.6 is 11.6 Å². The Morgan fingerprint density at radius 1 is 1.10 bits per heavy atom. The van der Waals surface area contributed by atoms with Crippen LogP contribution in [0.4, 0.5) is 17.3 Å². The summed E-state index contributed by atoms with van der Waals surface area (Å²) in [6.45, 7) is 6.91. The topological polar surface area (TPSA) is 49.8 Å². The highest BCUT2D eigenvalue weighted by molar-refractivity contribution is 6.33. The maximum absolute atomic E-state index is 6.19. The number of hydrogen-bond acceptors (Lipinski definition) is 4. The summed E-state index contributed by atoms with van der Waals surface area (Å²) in [5.74, 6) is 2.28. The summed E-state index contributed by atoms with van der Waals surface area (Å²) in [5.41, 5.74) is 2.00. The number of aromatic nitrogens is 2. The van der Waals surface area contributed by atoms with E-state index in [9.17, 15) is 0 Å². The van der Waals surface area contributed by atoms with Crippen LogP contribution in [0.3, 0.4) is 0 Å². The van der Waals surface area contributed by atoms with Gasteiger partial charge in [0.05, 0.1) is 10.7 Å². The molecular formula is C15H19ClN4. The van der Waals surface area contributed by atoms with Crippen LogP contribution in [0.2, 0.25) is 5.02 Å². The Labute approximate surface area is 124 Å². The van der Waals surface area contributed by atoms with E-state index in [-0.39, 0.29) is 0 Å². The van der Waals surface area contributed by atoms with Crippen molar-refractivity contribution in [2.24, 2.45) is 0 Å². The van der Waals surface area contributed by atoms with Gasteiger partial charge in [-0.1, -0.05) is 24.6 Å². The van der Waals surface area contributed by atoms with Crippen LogP contribution in [0.15, 0.2) is 24.3 Å². The smallest absolute Gasteiger partial charge is 0.136 e. The molecule has 4 nitrogen and oxygen atoms in total. The highest BCUT2D eigenvalue weighted by Gasteiger charge is 2.05. The van der Waals surface area contributed by atoms with Crippen LogP contribution in [0, 0.1) is 13.8 Å². The van der Waals surface area contributed by atoms with E-state index in [1.165, 1.54) is 0 Å². The van der Waals surface area contributed by atoms with Crippen LogP contribution in [-0.4, -0.2) is 16.5 Å². The first kappa shape index (κ1) is 14.6. The number of aryl methyl sites for hydroxylation is 2. The van der Waals surface area contributed by atoms with Crippen molar-refractivity contribution in [3.63, 3.8) is 0 Å². The molecule has 5 heteroatoms. The van der Waals surface area contributed by atoms with Gasteiger partial charge in [-0.15, -0.1) is 0 Å². The number of anilines is 3. The van der Waals surface area contributed by atoms with Gasteiger partial charge in [-0.25, -0.2) is 9.97 Å². The van der Waals surface area contributed by atoms with Gasteiger partial charge in [0.2, 0.25) is 0 Å². The Morgan fingerprint density at radius 2 is 1.85 bits per heavy atom. The maximum atomic E-state index is 6.19. The average Bonchev–Trinajstić information content (AvgIpc) is 2.40. The number of benzene rings is 1. The molecule has 0 aliphatic carbocycles. The quantitative estimate of drug-likeness (QED) is 0.861.